The molecular weight excluding hydrogens is 266 g/mol. The third-order valence-corrected chi connectivity index (χ3v) is 3.03. The van der Waals surface area contributed by atoms with Gasteiger partial charge in [-0.25, -0.2) is 0 Å². The van der Waals surface area contributed by atoms with Crippen molar-refractivity contribution in [2.75, 3.05) is 13.2 Å². The zero-order valence-corrected chi connectivity index (χ0v) is 12.5. The molecular formula is C16H21N3O2. The van der Waals surface area contributed by atoms with Gasteiger partial charge in [0.2, 0.25) is 0 Å². The van der Waals surface area contributed by atoms with Gasteiger partial charge in [0.05, 0.1) is 6.54 Å². The van der Waals surface area contributed by atoms with Gasteiger partial charge in [0.1, 0.15) is 18.1 Å². The Morgan fingerprint density at radius 1 is 1.38 bits per heavy atom. The maximum Gasteiger partial charge on any atom is 0.271 e. The molecule has 0 bridgehead atoms. The minimum atomic E-state index is -0.179. The van der Waals surface area contributed by atoms with E-state index in [0.29, 0.717) is 18.8 Å². The Kier molecular flexibility index (Phi) is 5.37. The zero-order valence-electron chi connectivity index (χ0n) is 12.5. The van der Waals surface area contributed by atoms with Gasteiger partial charge < -0.3 is 10.1 Å². The fourth-order valence-electron chi connectivity index (χ4n) is 2.00. The number of carbonyl (C=O) groups is 1. The molecule has 2 N–H and O–H groups in total. The van der Waals surface area contributed by atoms with E-state index in [-0.39, 0.29) is 5.91 Å². The summed E-state index contributed by atoms with van der Waals surface area (Å²) in [6.45, 7) is 4.98. The number of rotatable bonds is 7. The highest BCUT2D eigenvalue weighted by atomic mass is 16.5. The lowest BCUT2D eigenvalue weighted by Gasteiger charge is -2.07. The van der Waals surface area contributed by atoms with Crippen LogP contribution in [0.5, 0.6) is 5.75 Å². The van der Waals surface area contributed by atoms with Gasteiger partial charge >= 0.3 is 0 Å². The Morgan fingerprint density at radius 2 is 2.24 bits per heavy atom. The highest BCUT2D eigenvalue weighted by Crippen LogP contribution is 2.11. The van der Waals surface area contributed by atoms with Crippen LogP contribution in [0.1, 0.15) is 35.1 Å². The van der Waals surface area contributed by atoms with Crippen LogP contribution < -0.4 is 10.1 Å². The quantitative estimate of drug-likeness (QED) is 0.769. The maximum atomic E-state index is 11.9. The Balaban J connectivity index is 1.73. The van der Waals surface area contributed by atoms with Gasteiger partial charge in [-0.15, -0.1) is 0 Å². The van der Waals surface area contributed by atoms with Crippen molar-refractivity contribution in [1.82, 2.24) is 15.5 Å². The summed E-state index contributed by atoms with van der Waals surface area (Å²) in [6, 6.07) is 9.62. The number of carbonyl (C=O) groups excluding carboxylic acids is 1. The van der Waals surface area contributed by atoms with Crippen LogP contribution in [0.2, 0.25) is 0 Å². The molecule has 0 aliphatic heterocycles. The second-order valence-electron chi connectivity index (χ2n) is 4.95. The number of amides is 1. The summed E-state index contributed by atoms with van der Waals surface area (Å²) in [6.07, 6.45) is 1.92. The summed E-state index contributed by atoms with van der Waals surface area (Å²) < 4.78 is 5.57. The van der Waals surface area contributed by atoms with E-state index >= 15 is 0 Å². The normalized spacial score (nSPS) is 10.4. The molecule has 0 fully saturated rings. The second-order valence-corrected chi connectivity index (χ2v) is 4.95. The highest BCUT2D eigenvalue weighted by Gasteiger charge is 2.09. The summed E-state index contributed by atoms with van der Waals surface area (Å²) in [5, 5.41) is 9.67. The Hall–Kier alpha value is -2.30. The molecule has 21 heavy (non-hydrogen) atoms. The largest absolute Gasteiger partial charge is 0.492 e. The molecule has 1 amide bonds. The van der Waals surface area contributed by atoms with Crippen LogP contribution in [0.4, 0.5) is 0 Å². The van der Waals surface area contributed by atoms with Crippen LogP contribution in [-0.4, -0.2) is 29.3 Å². The lowest BCUT2D eigenvalue weighted by atomic mass is 10.2. The molecule has 0 aliphatic rings. The molecule has 0 aliphatic carbocycles. The van der Waals surface area contributed by atoms with Gasteiger partial charge in [-0.2, -0.15) is 5.10 Å². The van der Waals surface area contributed by atoms with Gasteiger partial charge in [0, 0.05) is 5.69 Å². The van der Waals surface area contributed by atoms with Crippen LogP contribution >= 0.6 is 0 Å². The van der Waals surface area contributed by atoms with Crippen LogP contribution in [0, 0.1) is 6.92 Å². The van der Waals surface area contributed by atoms with Crippen molar-refractivity contribution in [3.63, 3.8) is 0 Å². The van der Waals surface area contributed by atoms with E-state index in [0.717, 1.165) is 29.8 Å². The predicted octanol–water partition coefficient (Wildman–Crippen LogP) is 2.48. The summed E-state index contributed by atoms with van der Waals surface area (Å²) in [4.78, 5) is 11.9. The summed E-state index contributed by atoms with van der Waals surface area (Å²) >= 11 is 0. The van der Waals surface area contributed by atoms with E-state index in [1.54, 1.807) is 6.07 Å². The van der Waals surface area contributed by atoms with E-state index in [2.05, 4.69) is 22.4 Å². The van der Waals surface area contributed by atoms with E-state index in [1.165, 1.54) is 0 Å². The molecule has 1 aromatic carbocycles. The second kappa shape index (κ2) is 7.47. The van der Waals surface area contributed by atoms with E-state index in [4.69, 9.17) is 4.74 Å². The molecule has 0 unspecified atom stereocenters. The SMILES string of the molecule is CCCc1cc(C(=O)NCCOc2cccc(C)c2)n[nH]1. The average Bonchev–Trinajstić information content (AvgIpc) is 2.93. The lowest BCUT2D eigenvalue weighted by Crippen LogP contribution is -2.28. The number of benzene rings is 1. The van der Waals surface area contributed by atoms with Crippen molar-refractivity contribution >= 4 is 5.91 Å². The van der Waals surface area contributed by atoms with Gasteiger partial charge in [-0.05, 0) is 37.1 Å². The maximum absolute atomic E-state index is 11.9. The van der Waals surface area contributed by atoms with Gasteiger partial charge in [-0.1, -0.05) is 25.5 Å². The molecule has 112 valence electrons. The van der Waals surface area contributed by atoms with Crippen LogP contribution in [0.3, 0.4) is 0 Å². The molecule has 0 atom stereocenters. The standard InChI is InChI=1S/C16H21N3O2/c1-3-5-13-11-15(19-18-13)16(20)17-8-9-21-14-7-4-6-12(2)10-14/h4,6-7,10-11H,3,5,8-9H2,1-2H3,(H,17,20)(H,18,19). The first kappa shape index (κ1) is 15.1. The fourth-order valence-corrected chi connectivity index (χ4v) is 2.00. The number of H-pyrrole nitrogens is 1. The Labute approximate surface area is 124 Å². The lowest BCUT2D eigenvalue weighted by molar-refractivity contribution is 0.0942. The minimum absolute atomic E-state index is 0.179. The Bertz CT molecular complexity index is 593. The molecule has 5 heteroatoms. The number of nitrogens with zero attached hydrogens (tertiary/aromatic N) is 1. The first-order chi connectivity index (χ1) is 10.2. The average molecular weight is 287 g/mol. The van der Waals surface area contributed by atoms with Crippen LogP contribution in [-0.2, 0) is 6.42 Å². The zero-order chi connectivity index (χ0) is 15.1. The van der Waals surface area contributed by atoms with Gasteiger partial charge in [0.25, 0.3) is 5.91 Å². The molecule has 2 rings (SSSR count). The predicted molar refractivity (Wildman–Crippen MR) is 81.6 cm³/mol. The molecule has 5 nitrogen and oxygen atoms in total. The van der Waals surface area contributed by atoms with Crippen molar-refractivity contribution in [2.24, 2.45) is 0 Å². The fraction of sp³-hybridized carbons (Fsp3) is 0.375. The number of nitrogens with one attached hydrogen (secondary N) is 2. The van der Waals surface area contributed by atoms with Crippen molar-refractivity contribution in [3.05, 3.63) is 47.3 Å². The minimum Gasteiger partial charge on any atom is -0.492 e. The Morgan fingerprint density at radius 3 is 3.00 bits per heavy atom. The van der Waals surface area contributed by atoms with Gasteiger partial charge in [-0.3, -0.25) is 9.89 Å². The molecule has 0 spiro atoms. The van der Waals surface area contributed by atoms with E-state index < -0.39 is 0 Å². The molecule has 0 saturated carbocycles. The highest BCUT2D eigenvalue weighted by molar-refractivity contribution is 5.92. The van der Waals surface area contributed by atoms with Crippen molar-refractivity contribution in [1.29, 1.82) is 0 Å². The number of aromatic amines is 1. The van der Waals surface area contributed by atoms with Crippen molar-refractivity contribution < 1.29 is 9.53 Å². The smallest absolute Gasteiger partial charge is 0.271 e. The summed E-state index contributed by atoms with van der Waals surface area (Å²) in [7, 11) is 0. The summed E-state index contributed by atoms with van der Waals surface area (Å²) in [5.41, 5.74) is 2.56. The molecule has 0 radical (unpaired) electrons. The first-order valence-electron chi connectivity index (χ1n) is 7.21. The molecule has 0 saturated heterocycles. The third kappa shape index (κ3) is 4.63. The van der Waals surface area contributed by atoms with E-state index in [1.807, 2.05) is 31.2 Å². The number of ether oxygens (including phenoxy) is 1. The van der Waals surface area contributed by atoms with Crippen molar-refractivity contribution in [2.45, 2.75) is 26.7 Å². The number of hydrogen-bond acceptors (Lipinski definition) is 3. The first-order valence-corrected chi connectivity index (χ1v) is 7.21. The van der Waals surface area contributed by atoms with Crippen LogP contribution in [0.15, 0.2) is 30.3 Å². The topological polar surface area (TPSA) is 67.0 Å². The number of aryl methyl sites for hydroxylation is 2. The molecule has 2 aromatic rings. The molecule has 1 aromatic heterocycles. The number of hydrogen-bond donors (Lipinski definition) is 2. The van der Waals surface area contributed by atoms with E-state index in [9.17, 15) is 4.79 Å². The molecule has 1 heterocycles. The number of aromatic nitrogens is 2. The monoisotopic (exact) mass is 287 g/mol. The third-order valence-electron chi connectivity index (χ3n) is 3.03. The van der Waals surface area contributed by atoms with Gasteiger partial charge in [0.15, 0.2) is 0 Å². The van der Waals surface area contributed by atoms with Crippen molar-refractivity contribution in [3.8, 4) is 5.75 Å². The van der Waals surface area contributed by atoms with Crippen LogP contribution in [0.25, 0.3) is 0 Å². The summed E-state index contributed by atoms with van der Waals surface area (Å²) in [5.74, 6) is 0.635.